The number of nitrogens with one attached hydrogen (secondary N) is 1. The molecule has 0 amide bonds. The van der Waals surface area contributed by atoms with E-state index in [1.165, 1.54) is 0 Å². The molecule has 0 radical (unpaired) electrons. The van der Waals surface area contributed by atoms with Crippen molar-refractivity contribution in [2.45, 2.75) is 26.4 Å². The molecule has 0 aromatic carbocycles. The molecule has 1 fully saturated rings. The number of rotatable bonds is 2. The second-order valence-electron chi connectivity index (χ2n) is 4.31. The number of hydrogen-bond donors (Lipinski definition) is 1. The van der Waals surface area contributed by atoms with Gasteiger partial charge in [0.25, 0.3) is 0 Å². The van der Waals surface area contributed by atoms with Crippen molar-refractivity contribution in [3.8, 4) is 0 Å². The Balaban J connectivity index is 1.99. The van der Waals surface area contributed by atoms with Crippen LogP contribution in [0.15, 0.2) is 0 Å². The van der Waals surface area contributed by atoms with Crippen LogP contribution >= 0.6 is 0 Å². The molecule has 2 rings (SSSR count). The highest BCUT2D eigenvalue weighted by Gasteiger charge is 2.17. The minimum Gasteiger partial charge on any atom is -0.317 e. The first kappa shape index (κ1) is 10.6. The molecular weight excluding hydrogens is 190 g/mol. The van der Waals surface area contributed by atoms with E-state index in [2.05, 4.69) is 31.9 Å². The van der Waals surface area contributed by atoms with Gasteiger partial charge < -0.3 is 9.88 Å². The van der Waals surface area contributed by atoms with Crippen molar-refractivity contribution in [1.29, 1.82) is 0 Å². The summed E-state index contributed by atoms with van der Waals surface area (Å²) < 4.78 is 2.06. The summed E-state index contributed by atoms with van der Waals surface area (Å²) in [5.74, 6) is 2.04. The zero-order valence-electron chi connectivity index (χ0n) is 9.69. The van der Waals surface area contributed by atoms with Crippen LogP contribution in [0.4, 0.5) is 0 Å². The maximum absolute atomic E-state index is 4.19. The Morgan fingerprint density at radius 3 is 2.87 bits per heavy atom. The molecule has 84 valence electrons. The summed E-state index contributed by atoms with van der Waals surface area (Å²) in [7, 11) is 2.02. The molecule has 0 spiro atoms. The Morgan fingerprint density at radius 2 is 2.27 bits per heavy atom. The van der Waals surface area contributed by atoms with E-state index in [0.717, 1.165) is 37.8 Å². The fourth-order valence-corrected chi connectivity index (χ4v) is 1.94. The van der Waals surface area contributed by atoms with Crippen molar-refractivity contribution < 1.29 is 0 Å². The average molecular weight is 209 g/mol. The molecule has 1 atom stereocenters. The highest BCUT2D eigenvalue weighted by atomic mass is 15.3. The predicted octanol–water partition coefficient (Wildman–Crippen LogP) is -0.0828. The first-order chi connectivity index (χ1) is 7.16. The smallest absolute Gasteiger partial charge is 0.146 e. The van der Waals surface area contributed by atoms with Gasteiger partial charge in [0.1, 0.15) is 11.6 Å². The van der Waals surface area contributed by atoms with Crippen LogP contribution in [0.5, 0.6) is 0 Å². The maximum atomic E-state index is 4.19. The monoisotopic (exact) mass is 209 g/mol. The van der Waals surface area contributed by atoms with Crippen LogP contribution in [0.25, 0.3) is 0 Å². The second kappa shape index (κ2) is 4.28. The van der Waals surface area contributed by atoms with Crippen LogP contribution in [0.3, 0.4) is 0 Å². The second-order valence-corrected chi connectivity index (χ2v) is 4.31. The van der Waals surface area contributed by atoms with Gasteiger partial charge in [-0.3, -0.25) is 4.90 Å². The predicted molar refractivity (Wildman–Crippen MR) is 58.5 cm³/mol. The van der Waals surface area contributed by atoms with Crippen molar-refractivity contribution in [3.63, 3.8) is 0 Å². The molecule has 15 heavy (non-hydrogen) atoms. The fourth-order valence-electron chi connectivity index (χ4n) is 1.94. The summed E-state index contributed by atoms with van der Waals surface area (Å²) in [6, 6.07) is 0.577. The van der Waals surface area contributed by atoms with Crippen LogP contribution in [0.2, 0.25) is 0 Å². The molecule has 2 heterocycles. The van der Waals surface area contributed by atoms with Gasteiger partial charge >= 0.3 is 0 Å². The molecule has 1 saturated heterocycles. The summed E-state index contributed by atoms with van der Waals surface area (Å²) in [4.78, 5) is 2.42. The lowest BCUT2D eigenvalue weighted by molar-refractivity contribution is 0.193. The SMILES string of the molecule is Cc1nnc(CN2CCN[C@H](C)C2)n1C. The maximum Gasteiger partial charge on any atom is 0.146 e. The van der Waals surface area contributed by atoms with E-state index in [1.54, 1.807) is 0 Å². The quantitative estimate of drug-likeness (QED) is 0.740. The fraction of sp³-hybridized carbons (Fsp3) is 0.800. The summed E-state index contributed by atoms with van der Waals surface area (Å²) in [5.41, 5.74) is 0. The standard InChI is InChI=1S/C10H19N5/c1-8-6-15(5-4-11-8)7-10-13-12-9(2)14(10)3/h8,11H,4-7H2,1-3H3/t8-/m1/s1. The van der Waals surface area contributed by atoms with Gasteiger partial charge in [-0.25, -0.2) is 0 Å². The van der Waals surface area contributed by atoms with Gasteiger partial charge in [0.05, 0.1) is 6.54 Å². The van der Waals surface area contributed by atoms with Crippen LogP contribution in [0.1, 0.15) is 18.6 Å². The van der Waals surface area contributed by atoms with E-state index in [4.69, 9.17) is 0 Å². The average Bonchev–Trinajstić information content (AvgIpc) is 2.50. The number of aromatic nitrogens is 3. The van der Waals surface area contributed by atoms with Gasteiger partial charge in [-0.1, -0.05) is 0 Å². The van der Waals surface area contributed by atoms with Crippen molar-refractivity contribution in [3.05, 3.63) is 11.6 Å². The molecule has 5 heteroatoms. The van der Waals surface area contributed by atoms with Gasteiger partial charge in [0.2, 0.25) is 0 Å². The first-order valence-corrected chi connectivity index (χ1v) is 5.47. The number of aryl methyl sites for hydroxylation is 1. The summed E-state index contributed by atoms with van der Waals surface area (Å²) in [5, 5.41) is 11.7. The molecule has 0 saturated carbocycles. The van der Waals surface area contributed by atoms with Crippen LogP contribution < -0.4 is 5.32 Å². The zero-order valence-corrected chi connectivity index (χ0v) is 9.69. The Hall–Kier alpha value is -0.940. The molecular formula is C10H19N5. The van der Waals surface area contributed by atoms with Crippen LogP contribution in [0, 0.1) is 6.92 Å². The number of nitrogens with zero attached hydrogens (tertiary/aromatic N) is 4. The number of piperazine rings is 1. The molecule has 0 aliphatic carbocycles. The Bertz CT molecular complexity index is 333. The third kappa shape index (κ3) is 2.35. The molecule has 1 aliphatic heterocycles. The lowest BCUT2D eigenvalue weighted by Crippen LogP contribution is -2.48. The Morgan fingerprint density at radius 1 is 1.47 bits per heavy atom. The van der Waals surface area contributed by atoms with Gasteiger partial charge in [-0.15, -0.1) is 10.2 Å². The minimum absolute atomic E-state index is 0.577. The molecule has 1 aliphatic rings. The van der Waals surface area contributed by atoms with E-state index in [-0.39, 0.29) is 0 Å². The largest absolute Gasteiger partial charge is 0.317 e. The van der Waals surface area contributed by atoms with Crippen molar-refractivity contribution in [2.75, 3.05) is 19.6 Å². The first-order valence-electron chi connectivity index (χ1n) is 5.47. The molecule has 0 bridgehead atoms. The zero-order chi connectivity index (χ0) is 10.8. The van der Waals surface area contributed by atoms with Crippen LogP contribution in [-0.2, 0) is 13.6 Å². The van der Waals surface area contributed by atoms with Crippen LogP contribution in [-0.4, -0.2) is 45.3 Å². The van der Waals surface area contributed by atoms with E-state index in [1.807, 2.05) is 14.0 Å². The lowest BCUT2D eigenvalue weighted by atomic mass is 10.2. The van der Waals surface area contributed by atoms with Crippen molar-refractivity contribution in [2.24, 2.45) is 7.05 Å². The minimum atomic E-state index is 0.577. The van der Waals surface area contributed by atoms with Gasteiger partial charge in [-0.05, 0) is 13.8 Å². The number of hydrogen-bond acceptors (Lipinski definition) is 4. The molecule has 1 aromatic heterocycles. The van der Waals surface area contributed by atoms with Crippen molar-refractivity contribution in [1.82, 2.24) is 25.0 Å². The van der Waals surface area contributed by atoms with E-state index >= 15 is 0 Å². The molecule has 5 nitrogen and oxygen atoms in total. The summed E-state index contributed by atoms with van der Waals surface area (Å²) in [6.45, 7) is 8.36. The van der Waals surface area contributed by atoms with Gasteiger partial charge in [-0.2, -0.15) is 0 Å². The highest BCUT2D eigenvalue weighted by Crippen LogP contribution is 2.05. The van der Waals surface area contributed by atoms with E-state index in [0.29, 0.717) is 6.04 Å². The lowest BCUT2D eigenvalue weighted by Gasteiger charge is -2.31. The van der Waals surface area contributed by atoms with Gasteiger partial charge in [0, 0.05) is 32.7 Å². The normalized spacial score (nSPS) is 23.3. The Labute approximate surface area is 90.5 Å². The molecule has 1 aromatic rings. The third-order valence-electron chi connectivity index (χ3n) is 3.00. The summed E-state index contributed by atoms with van der Waals surface area (Å²) >= 11 is 0. The Kier molecular flexibility index (Phi) is 3.02. The highest BCUT2D eigenvalue weighted by molar-refractivity contribution is 4.93. The molecule has 0 unspecified atom stereocenters. The topological polar surface area (TPSA) is 46.0 Å². The van der Waals surface area contributed by atoms with Crippen molar-refractivity contribution >= 4 is 0 Å². The van der Waals surface area contributed by atoms with E-state index in [9.17, 15) is 0 Å². The molecule has 1 N–H and O–H groups in total. The van der Waals surface area contributed by atoms with E-state index < -0.39 is 0 Å². The third-order valence-corrected chi connectivity index (χ3v) is 3.00. The van der Waals surface area contributed by atoms with Gasteiger partial charge in [0.15, 0.2) is 0 Å². The summed E-state index contributed by atoms with van der Waals surface area (Å²) in [6.07, 6.45) is 0.